The number of phosphoric acid groups is 1. The van der Waals surface area contributed by atoms with Gasteiger partial charge in [-0.2, -0.15) is 0 Å². The van der Waals surface area contributed by atoms with Crippen molar-refractivity contribution in [1.82, 2.24) is 0 Å². The van der Waals surface area contributed by atoms with E-state index in [4.69, 9.17) is 23.6 Å². The van der Waals surface area contributed by atoms with E-state index in [-0.39, 0.29) is 25.6 Å². The summed E-state index contributed by atoms with van der Waals surface area (Å²) in [6.07, 6.45) is 46.8. The van der Waals surface area contributed by atoms with E-state index >= 15 is 0 Å². The Morgan fingerprint density at radius 2 is 0.982 bits per heavy atom. The summed E-state index contributed by atoms with van der Waals surface area (Å²) in [4.78, 5) is 22.6. The third kappa shape index (κ3) is 42.3. The molecule has 0 aromatic rings. The average molecular weight is 815 g/mol. The number of unbranched alkanes of at least 4 members (excludes halogenated alkanes) is 24. The van der Waals surface area contributed by atoms with Crippen molar-refractivity contribution >= 4 is 13.8 Å². The molecule has 10 heteroatoms. The monoisotopic (exact) mass is 815 g/mol. The molecule has 0 saturated heterocycles. The third-order valence-electron chi connectivity index (χ3n) is 9.80. The van der Waals surface area contributed by atoms with Crippen molar-refractivity contribution in [3.63, 3.8) is 0 Å². The molecule has 0 aromatic heterocycles. The zero-order valence-electron chi connectivity index (χ0n) is 36.1. The van der Waals surface area contributed by atoms with Crippen molar-refractivity contribution in [2.45, 2.75) is 219 Å². The maximum absolute atomic E-state index is 12.6. The largest absolute Gasteiger partial charge is 0.472 e. The van der Waals surface area contributed by atoms with Gasteiger partial charge in [-0.15, -0.1) is 0 Å². The molecule has 0 amide bonds. The fraction of sp³-hybridized carbons (Fsp3) is 0.848. The van der Waals surface area contributed by atoms with Crippen LogP contribution in [-0.4, -0.2) is 66.3 Å². The highest BCUT2D eigenvalue weighted by Crippen LogP contribution is 2.43. The van der Waals surface area contributed by atoms with Crippen LogP contribution in [0.2, 0.25) is 0 Å². The summed E-state index contributed by atoms with van der Waals surface area (Å²) in [5.74, 6) is -0.386. The molecule has 0 fully saturated rings. The van der Waals surface area contributed by atoms with Crippen LogP contribution in [0.5, 0.6) is 0 Å². The van der Waals surface area contributed by atoms with E-state index in [1.54, 1.807) is 0 Å². The van der Waals surface area contributed by atoms with Gasteiger partial charge in [-0.25, -0.2) is 4.57 Å². The van der Waals surface area contributed by atoms with Crippen LogP contribution in [0.3, 0.4) is 0 Å². The topological polar surface area (TPSA) is 132 Å². The average Bonchev–Trinajstić information content (AvgIpc) is 3.19. The number of esters is 1. The number of phosphoric ester groups is 1. The minimum absolute atomic E-state index is 0.0453. The summed E-state index contributed by atoms with van der Waals surface area (Å²) in [5, 5.41) is 18.3. The number of aliphatic hydroxyl groups excluding tert-OH is 2. The van der Waals surface area contributed by atoms with E-state index in [2.05, 4.69) is 50.3 Å². The third-order valence-corrected chi connectivity index (χ3v) is 10.7. The summed E-state index contributed by atoms with van der Waals surface area (Å²) in [6.45, 7) is 3.47. The number of hydrogen-bond acceptors (Lipinski definition) is 8. The predicted molar refractivity (Wildman–Crippen MR) is 233 cm³/mol. The molecule has 9 nitrogen and oxygen atoms in total. The normalized spacial score (nSPS) is 14.3. The highest BCUT2D eigenvalue weighted by atomic mass is 31.2. The summed E-state index contributed by atoms with van der Waals surface area (Å²) >= 11 is 0. The number of rotatable bonds is 44. The van der Waals surface area contributed by atoms with Gasteiger partial charge in [0.25, 0.3) is 0 Å². The summed E-state index contributed by atoms with van der Waals surface area (Å²) in [5.41, 5.74) is 0. The van der Waals surface area contributed by atoms with Gasteiger partial charge in [0, 0.05) is 13.0 Å². The maximum atomic E-state index is 12.6. The first-order valence-electron chi connectivity index (χ1n) is 23.0. The molecule has 0 aliphatic heterocycles. The van der Waals surface area contributed by atoms with E-state index in [1.165, 1.54) is 135 Å². The Bertz CT molecular complexity index is 970. The summed E-state index contributed by atoms with van der Waals surface area (Å²) < 4.78 is 33.4. The fourth-order valence-corrected chi connectivity index (χ4v) is 7.04. The lowest BCUT2D eigenvalue weighted by atomic mass is 10.0. The van der Waals surface area contributed by atoms with Crippen molar-refractivity contribution in [3.05, 3.63) is 36.5 Å². The maximum Gasteiger partial charge on any atom is 0.472 e. The van der Waals surface area contributed by atoms with Gasteiger partial charge in [0.1, 0.15) is 12.2 Å². The second kappa shape index (κ2) is 43.3. The molecule has 56 heavy (non-hydrogen) atoms. The highest BCUT2D eigenvalue weighted by Gasteiger charge is 2.26. The molecule has 0 spiro atoms. The Balaban J connectivity index is 4.07. The van der Waals surface area contributed by atoms with Crippen LogP contribution in [0, 0.1) is 0 Å². The summed E-state index contributed by atoms with van der Waals surface area (Å²) in [6, 6.07) is 0. The van der Waals surface area contributed by atoms with Crippen LogP contribution >= 0.6 is 7.82 Å². The molecule has 0 aliphatic rings. The van der Waals surface area contributed by atoms with E-state index in [1.807, 2.05) is 0 Å². The second-order valence-electron chi connectivity index (χ2n) is 15.4. The number of carbonyl (C=O) groups is 1. The Kier molecular flexibility index (Phi) is 42.2. The van der Waals surface area contributed by atoms with Gasteiger partial charge in [-0.05, 0) is 64.2 Å². The molecule has 0 rings (SSSR count). The zero-order valence-corrected chi connectivity index (χ0v) is 37.0. The van der Waals surface area contributed by atoms with Crippen LogP contribution in [0.15, 0.2) is 36.5 Å². The Morgan fingerprint density at radius 1 is 0.554 bits per heavy atom. The SMILES string of the molecule is CCCC/C=C\CCCCCCCCOCC(COP(=O)(O)OCC(O)CO)OC(=O)CCCCCCCCCCCCC/C=C\C/C=C\CCCCCCC. The number of aliphatic hydroxyl groups is 2. The molecule has 3 unspecified atom stereocenters. The Morgan fingerprint density at radius 3 is 1.50 bits per heavy atom. The predicted octanol–water partition coefficient (Wildman–Crippen LogP) is 12.8. The smallest absolute Gasteiger partial charge is 0.457 e. The lowest BCUT2D eigenvalue weighted by Gasteiger charge is -2.20. The first-order chi connectivity index (χ1) is 27.3. The van der Waals surface area contributed by atoms with Crippen LogP contribution < -0.4 is 0 Å². The van der Waals surface area contributed by atoms with Crippen molar-refractivity contribution < 1.29 is 43.0 Å². The number of hydrogen-bond donors (Lipinski definition) is 3. The molecule has 0 aromatic carbocycles. The molecule has 0 aliphatic carbocycles. The van der Waals surface area contributed by atoms with Crippen molar-refractivity contribution in [1.29, 1.82) is 0 Å². The lowest BCUT2D eigenvalue weighted by Crippen LogP contribution is -2.29. The van der Waals surface area contributed by atoms with Crippen LogP contribution in [0.4, 0.5) is 0 Å². The molecule has 330 valence electrons. The minimum atomic E-state index is -4.52. The molecule has 0 saturated carbocycles. The molecular formula is C46H87O9P. The van der Waals surface area contributed by atoms with Crippen molar-refractivity contribution in [3.8, 4) is 0 Å². The van der Waals surface area contributed by atoms with Crippen LogP contribution in [-0.2, 0) is 27.9 Å². The second-order valence-corrected chi connectivity index (χ2v) is 16.9. The molecule has 0 radical (unpaired) electrons. The van der Waals surface area contributed by atoms with Crippen LogP contribution in [0.1, 0.15) is 206 Å². The van der Waals surface area contributed by atoms with Crippen molar-refractivity contribution in [2.24, 2.45) is 0 Å². The van der Waals surface area contributed by atoms with Crippen LogP contribution in [0.25, 0.3) is 0 Å². The Labute approximate surface area is 344 Å². The van der Waals surface area contributed by atoms with E-state index < -0.39 is 33.2 Å². The van der Waals surface area contributed by atoms with Gasteiger partial charge in [0.15, 0.2) is 0 Å². The van der Waals surface area contributed by atoms with E-state index in [9.17, 15) is 19.4 Å². The molecular weight excluding hydrogens is 727 g/mol. The van der Waals surface area contributed by atoms with E-state index in [0.717, 1.165) is 51.4 Å². The highest BCUT2D eigenvalue weighted by molar-refractivity contribution is 7.47. The van der Waals surface area contributed by atoms with Crippen molar-refractivity contribution in [2.75, 3.05) is 33.0 Å². The van der Waals surface area contributed by atoms with Gasteiger partial charge in [0.2, 0.25) is 0 Å². The van der Waals surface area contributed by atoms with Gasteiger partial charge < -0.3 is 24.6 Å². The quantitative estimate of drug-likeness (QED) is 0.0238. The standard InChI is InChI=1S/C46H87O9P/c1-3-5-7-9-11-13-15-17-18-19-20-21-22-23-24-25-26-27-28-30-32-34-36-38-46(49)55-45(43-54-56(50,51)53-41-44(48)40-47)42-52-39-37-35-33-31-29-16-14-12-10-8-6-4-2/h10,12,15,17,19-20,44-45,47-48H,3-9,11,13-14,16,18,21-43H2,1-2H3,(H,50,51)/b12-10-,17-15-,20-19-. The minimum Gasteiger partial charge on any atom is -0.457 e. The molecule has 3 N–H and O–H groups in total. The molecule has 0 heterocycles. The van der Waals surface area contributed by atoms with Gasteiger partial charge in [-0.1, -0.05) is 172 Å². The first kappa shape index (κ1) is 54.7. The first-order valence-corrected chi connectivity index (χ1v) is 24.5. The fourth-order valence-electron chi connectivity index (χ4n) is 6.25. The molecule has 3 atom stereocenters. The summed E-state index contributed by atoms with van der Waals surface area (Å²) in [7, 11) is -4.52. The number of allylic oxidation sites excluding steroid dienone is 6. The van der Waals surface area contributed by atoms with Gasteiger partial charge in [0.05, 0.1) is 26.4 Å². The van der Waals surface area contributed by atoms with Gasteiger partial charge >= 0.3 is 13.8 Å². The Hall–Kier alpha value is -1.32. The zero-order chi connectivity index (χ0) is 41.1. The molecule has 0 bridgehead atoms. The lowest BCUT2D eigenvalue weighted by molar-refractivity contribution is -0.154. The number of carbonyl (C=O) groups excluding carboxylic acids is 1. The van der Waals surface area contributed by atoms with E-state index in [0.29, 0.717) is 6.61 Å². The number of ether oxygens (including phenoxy) is 2. The van der Waals surface area contributed by atoms with Gasteiger partial charge in [-0.3, -0.25) is 13.8 Å².